The first-order chi connectivity index (χ1) is 14.9. The maximum atomic E-state index is 12.5. The Bertz CT molecular complexity index is 832. The van der Waals surface area contributed by atoms with Gasteiger partial charge in [-0.25, -0.2) is 9.98 Å². The summed E-state index contributed by atoms with van der Waals surface area (Å²) in [6.45, 7) is 2.35. The number of hydrogen-bond acceptors (Lipinski definition) is 5. The predicted octanol–water partition coefficient (Wildman–Crippen LogP) is 4.02. The summed E-state index contributed by atoms with van der Waals surface area (Å²) in [4.78, 5) is 8.32. The van der Waals surface area contributed by atoms with Gasteiger partial charge in [-0.15, -0.1) is 0 Å². The van der Waals surface area contributed by atoms with E-state index in [-0.39, 0.29) is 12.4 Å². The van der Waals surface area contributed by atoms with Crippen molar-refractivity contribution in [3.8, 4) is 11.6 Å². The van der Waals surface area contributed by atoms with Crippen LogP contribution < -0.4 is 20.1 Å². The van der Waals surface area contributed by atoms with Crippen LogP contribution in [-0.2, 0) is 11.3 Å². The lowest BCUT2D eigenvalue weighted by molar-refractivity contribution is -0.154. The summed E-state index contributed by atoms with van der Waals surface area (Å²) in [5, 5.41) is 6.26. The van der Waals surface area contributed by atoms with Gasteiger partial charge in [0, 0.05) is 50.2 Å². The minimum atomic E-state index is -4.44. The van der Waals surface area contributed by atoms with Gasteiger partial charge >= 0.3 is 6.18 Å². The number of ether oxygens (including phenoxy) is 3. The zero-order chi connectivity index (χ0) is 22.5. The number of methoxy groups -OCH3 is 1. The molecule has 0 aliphatic carbocycles. The first-order valence-corrected chi connectivity index (χ1v) is 9.82. The van der Waals surface area contributed by atoms with Crippen molar-refractivity contribution in [2.24, 2.45) is 4.99 Å². The fraction of sp³-hybridized carbons (Fsp3) is 0.429. The molecule has 10 heteroatoms. The van der Waals surface area contributed by atoms with Gasteiger partial charge in [-0.05, 0) is 25.1 Å². The lowest BCUT2D eigenvalue weighted by atomic mass is 10.3. The highest BCUT2D eigenvalue weighted by Crippen LogP contribution is 2.21. The van der Waals surface area contributed by atoms with Gasteiger partial charge in [0.2, 0.25) is 5.88 Å². The number of rotatable bonds is 11. The number of nitrogens with zero attached hydrogens (tertiary/aromatic N) is 2. The van der Waals surface area contributed by atoms with Crippen LogP contribution in [0.1, 0.15) is 18.9 Å². The molecule has 1 aromatic heterocycles. The number of halogens is 3. The van der Waals surface area contributed by atoms with E-state index < -0.39 is 12.8 Å². The summed E-state index contributed by atoms with van der Waals surface area (Å²) in [6.07, 6.45) is -2.28. The van der Waals surface area contributed by atoms with Gasteiger partial charge in [0.05, 0.1) is 13.2 Å². The standard InChI is InChI=1S/C21H27F3N4O3/c1-3-25-20(28-17-8-4-9-18(13-17)30-12-6-11-29-2)27-14-16-7-5-10-26-19(16)31-15-21(22,23)24/h4-5,7-10,13H,3,6,11-12,14-15H2,1-2H3,(H2,25,27,28). The molecule has 1 heterocycles. The smallest absolute Gasteiger partial charge is 0.422 e. The van der Waals surface area contributed by atoms with Crippen LogP contribution in [0.4, 0.5) is 18.9 Å². The minimum Gasteiger partial charge on any atom is -0.493 e. The Kier molecular flexibility index (Phi) is 9.89. The highest BCUT2D eigenvalue weighted by molar-refractivity contribution is 5.93. The first kappa shape index (κ1) is 24.3. The van der Waals surface area contributed by atoms with Crippen molar-refractivity contribution in [1.82, 2.24) is 10.3 Å². The van der Waals surface area contributed by atoms with E-state index in [0.29, 0.717) is 37.0 Å². The number of benzene rings is 1. The van der Waals surface area contributed by atoms with E-state index in [9.17, 15) is 13.2 Å². The SMILES string of the molecule is CCNC(=NCc1cccnc1OCC(F)(F)F)Nc1cccc(OCCCOC)c1. The van der Waals surface area contributed by atoms with E-state index in [1.54, 1.807) is 19.2 Å². The maximum Gasteiger partial charge on any atom is 0.422 e. The molecule has 7 nitrogen and oxygen atoms in total. The number of alkyl halides is 3. The Morgan fingerprint density at radius 3 is 2.71 bits per heavy atom. The van der Waals surface area contributed by atoms with Crippen LogP contribution in [0.3, 0.4) is 0 Å². The number of aliphatic imine (C=N–C) groups is 1. The normalized spacial score (nSPS) is 11.8. The fourth-order valence-corrected chi connectivity index (χ4v) is 2.49. The number of aromatic nitrogens is 1. The zero-order valence-corrected chi connectivity index (χ0v) is 17.5. The zero-order valence-electron chi connectivity index (χ0n) is 17.5. The summed E-state index contributed by atoms with van der Waals surface area (Å²) in [7, 11) is 1.64. The van der Waals surface area contributed by atoms with Gasteiger partial charge in [-0.1, -0.05) is 12.1 Å². The molecule has 0 atom stereocenters. The second-order valence-corrected chi connectivity index (χ2v) is 6.41. The largest absolute Gasteiger partial charge is 0.493 e. The van der Waals surface area contributed by atoms with Gasteiger partial charge < -0.3 is 24.8 Å². The average Bonchev–Trinajstić information content (AvgIpc) is 2.74. The quantitative estimate of drug-likeness (QED) is 0.312. The van der Waals surface area contributed by atoms with Gasteiger partial charge in [-0.2, -0.15) is 13.2 Å². The summed E-state index contributed by atoms with van der Waals surface area (Å²) in [6, 6.07) is 10.6. The molecule has 0 radical (unpaired) electrons. The Hall–Kier alpha value is -3.01. The topological polar surface area (TPSA) is 77.0 Å². The number of guanidine groups is 1. The summed E-state index contributed by atoms with van der Waals surface area (Å²) in [5.74, 6) is 1.07. The predicted molar refractivity (Wildman–Crippen MR) is 113 cm³/mol. The number of anilines is 1. The van der Waals surface area contributed by atoms with E-state index in [4.69, 9.17) is 14.2 Å². The van der Waals surface area contributed by atoms with Crippen molar-refractivity contribution in [1.29, 1.82) is 0 Å². The average molecular weight is 440 g/mol. The third kappa shape index (κ3) is 9.56. The van der Waals surface area contributed by atoms with Crippen molar-refractivity contribution in [2.45, 2.75) is 26.1 Å². The van der Waals surface area contributed by atoms with Crippen molar-refractivity contribution in [2.75, 3.05) is 38.8 Å². The van der Waals surface area contributed by atoms with Crippen LogP contribution in [0.5, 0.6) is 11.6 Å². The highest BCUT2D eigenvalue weighted by atomic mass is 19.4. The molecule has 0 amide bonds. The van der Waals surface area contributed by atoms with Gasteiger partial charge in [0.25, 0.3) is 0 Å². The fourth-order valence-electron chi connectivity index (χ4n) is 2.49. The molecule has 170 valence electrons. The van der Waals surface area contributed by atoms with Crippen molar-refractivity contribution >= 4 is 11.6 Å². The van der Waals surface area contributed by atoms with Gasteiger partial charge in [0.15, 0.2) is 12.6 Å². The van der Waals surface area contributed by atoms with Crippen molar-refractivity contribution < 1.29 is 27.4 Å². The Morgan fingerprint density at radius 2 is 1.97 bits per heavy atom. The van der Waals surface area contributed by atoms with E-state index in [0.717, 1.165) is 12.1 Å². The molecule has 1 aromatic carbocycles. The monoisotopic (exact) mass is 440 g/mol. The highest BCUT2D eigenvalue weighted by Gasteiger charge is 2.29. The van der Waals surface area contributed by atoms with E-state index in [1.165, 1.54) is 6.20 Å². The molecule has 31 heavy (non-hydrogen) atoms. The second kappa shape index (κ2) is 12.6. The molecule has 0 saturated heterocycles. The second-order valence-electron chi connectivity index (χ2n) is 6.41. The van der Waals surface area contributed by atoms with Crippen molar-refractivity contribution in [3.05, 3.63) is 48.2 Å². The molecule has 0 fully saturated rings. The Balaban J connectivity index is 2.04. The Morgan fingerprint density at radius 1 is 1.13 bits per heavy atom. The van der Waals surface area contributed by atoms with Gasteiger partial charge in [-0.3, -0.25) is 0 Å². The maximum absolute atomic E-state index is 12.5. The van der Waals surface area contributed by atoms with Crippen LogP contribution >= 0.6 is 0 Å². The molecule has 0 spiro atoms. The number of pyridine rings is 1. The lowest BCUT2D eigenvalue weighted by Gasteiger charge is -2.14. The molecule has 0 aliphatic rings. The van der Waals surface area contributed by atoms with E-state index in [1.807, 2.05) is 31.2 Å². The van der Waals surface area contributed by atoms with E-state index in [2.05, 4.69) is 20.6 Å². The van der Waals surface area contributed by atoms with Crippen LogP contribution in [0.15, 0.2) is 47.6 Å². The third-order valence-electron chi connectivity index (χ3n) is 3.83. The molecule has 2 aromatic rings. The van der Waals surface area contributed by atoms with Crippen LogP contribution in [0.2, 0.25) is 0 Å². The van der Waals surface area contributed by atoms with Crippen LogP contribution in [-0.4, -0.2) is 50.6 Å². The Labute approximate surface area is 179 Å². The molecular weight excluding hydrogens is 413 g/mol. The number of hydrogen-bond donors (Lipinski definition) is 2. The third-order valence-corrected chi connectivity index (χ3v) is 3.83. The number of nitrogens with one attached hydrogen (secondary N) is 2. The molecule has 0 unspecified atom stereocenters. The summed E-state index contributed by atoms with van der Waals surface area (Å²) in [5.41, 5.74) is 1.20. The molecular formula is C21H27F3N4O3. The molecule has 2 N–H and O–H groups in total. The molecule has 0 aliphatic heterocycles. The first-order valence-electron chi connectivity index (χ1n) is 9.82. The van der Waals surface area contributed by atoms with E-state index >= 15 is 0 Å². The lowest BCUT2D eigenvalue weighted by Crippen LogP contribution is -2.30. The van der Waals surface area contributed by atoms with Crippen LogP contribution in [0, 0.1) is 0 Å². The van der Waals surface area contributed by atoms with Gasteiger partial charge in [0.1, 0.15) is 5.75 Å². The van der Waals surface area contributed by atoms with Crippen molar-refractivity contribution in [3.63, 3.8) is 0 Å². The summed E-state index contributed by atoms with van der Waals surface area (Å²) < 4.78 is 52.9. The molecule has 0 bridgehead atoms. The molecule has 0 saturated carbocycles. The minimum absolute atomic E-state index is 0.0869. The molecule has 2 rings (SSSR count). The van der Waals surface area contributed by atoms with Crippen LogP contribution in [0.25, 0.3) is 0 Å². The summed E-state index contributed by atoms with van der Waals surface area (Å²) >= 11 is 0.